The van der Waals surface area contributed by atoms with Crippen LogP contribution in [0.15, 0.2) is 29.8 Å². The number of ether oxygens (including phenoxy) is 2. The number of amides is 1. The molecule has 2 heterocycles. The number of carbonyl (C=O) groups is 4. The van der Waals surface area contributed by atoms with Crippen LogP contribution in [0.3, 0.4) is 0 Å². The molecule has 1 aromatic heterocycles. The van der Waals surface area contributed by atoms with Crippen LogP contribution >= 0.6 is 0 Å². The van der Waals surface area contributed by atoms with Crippen molar-refractivity contribution in [2.24, 2.45) is 0 Å². The predicted molar refractivity (Wildman–Crippen MR) is 136 cm³/mol. The Balaban J connectivity index is 2.16. The molecule has 1 aliphatic heterocycles. The number of H-pyrrole nitrogens is 1. The Kier molecular flexibility index (Phi) is 8.54. The van der Waals surface area contributed by atoms with Gasteiger partial charge in [-0.1, -0.05) is 12.1 Å². The third kappa shape index (κ3) is 5.43. The van der Waals surface area contributed by atoms with Crippen molar-refractivity contribution >= 4 is 29.4 Å². The first-order valence-corrected chi connectivity index (χ1v) is 12.0. The number of aromatic nitrogens is 1. The van der Waals surface area contributed by atoms with E-state index in [1.165, 1.54) is 12.0 Å². The van der Waals surface area contributed by atoms with Gasteiger partial charge in [-0.15, -0.1) is 0 Å². The molecule has 10 nitrogen and oxygen atoms in total. The second-order valence-electron chi connectivity index (χ2n) is 9.11. The van der Waals surface area contributed by atoms with Gasteiger partial charge in [0.05, 0.1) is 30.9 Å². The van der Waals surface area contributed by atoms with Crippen LogP contribution in [0.1, 0.15) is 62.6 Å². The first kappa shape index (κ1) is 27.7. The summed E-state index contributed by atoms with van der Waals surface area (Å²) in [6.07, 6.45) is 0.603. The number of esters is 2. The lowest BCUT2D eigenvalue weighted by atomic mass is 9.93. The number of methoxy groups -OCH3 is 1. The third-order valence-electron chi connectivity index (χ3n) is 6.35. The van der Waals surface area contributed by atoms with Crippen molar-refractivity contribution in [3.8, 4) is 0 Å². The van der Waals surface area contributed by atoms with Crippen LogP contribution in [0.2, 0.25) is 0 Å². The lowest BCUT2D eigenvalue weighted by Crippen LogP contribution is -2.32. The molecule has 1 aromatic carbocycles. The molecule has 1 fully saturated rings. The maximum absolute atomic E-state index is 13.3. The standard InChI is InChI=1S/C27H33N3O7/c1-7-37-27(35)21-15(2)19(16(3)28-21)23(31)20-22(17-9-11-18(12-10-17)26(34)36-6)30(25(33)24(20)32)14-8-13-29(4)5/h9-12,22,28,31H,7-8,13-14H2,1-6H3/b23-20+. The number of likely N-dealkylation sites (tertiary alicyclic amines) is 1. The topological polar surface area (TPSA) is 129 Å². The lowest BCUT2D eigenvalue weighted by Gasteiger charge is -2.26. The Morgan fingerprint density at radius 3 is 2.32 bits per heavy atom. The van der Waals surface area contributed by atoms with Gasteiger partial charge in [-0.2, -0.15) is 0 Å². The summed E-state index contributed by atoms with van der Waals surface area (Å²) in [6, 6.07) is 5.49. The van der Waals surface area contributed by atoms with E-state index in [1.807, 2.05) is 19.0 Å². The molecule has 1 saturated heterocycles. The molecule has 3 rings (SSSR count). The summed E-state index contributed by atoms with van der Waals surface area (Å²) in [6.45, 7) is 6.14. The Morgan fingerprint density at radius 1 is 1.11 bits per heavy atom. The number of benzene rings is 1. The Bertz CT molecular complexity index is 1240. The third-order valence-corrected chi connectivity index (χ3v) is 6.35. The molecule has 1 amide bonds. The zero-order valence-electron chi connectivity index (χ0n) is 22.0. The minimum absolute atomic E-state index is 0.0821. The molecule has 37 heavy (non-hydrogen) atoms. The summed E-state index contributed by atoms with van der Waals surface area (Å²) < 4.78 is 9.85. The molecule has 2 aromatic rings. The average molecular weight is 512 g/mol. The first-order valence-electron chi connectivity index (χ1n) is 12.0. The molecular weight excluding hydrogens is 478 g/mol. The van der Waals surface area contributed by atoms with E-state index in [-0.39, 0.29) is 35.7 Å². The van der Waals surface area contributed by atoms with E-state index in [1.54, 1.807) is 45.0 Å². The lowest BCUT2D eigenvalue weighted by molar-refractivity contribution is -0.139. The second-order valence-corrected chi connectivity index (χ2v) is 9.11. The van der Waals surface area contributed by atoms with E-state index in [9.17, 15) is 24.3 Å². The van der Waals surface area contributed by atoms with Crippen LogP contribution in [-0.2, 0) is 19.1 Å². The average Bonchev–Trinajstić information content (AvgIpc) is 3.30. The number of hydrogen-bond donors (Lipinski definition) is 2. The van der Waals surface area contributed by atoms with Gasteiger partial charge < -0.3 is 29.4 Å². The van der Waals surface area contributed by atoms with Crippen molar-refractivity contribution in [2.45, 2.75) is 33.2 Å². The second kappa shape index (κ2) is 11.4. The summed E-state index contributed by atoms with van der Waals surface area (Å²) in [4.78, 5) is 57.1. The highest BCUT2D eigenvalue weighted by Gasteiger charge is 2.46. The maximum Gasteiger partial charge on any atom is 0.355 e. The van der Waals surface area contributed by atoms with Crippen molar-refractivity contribution in [3.05, 3.63) is 63.5 Å². The quantitative estimate of drug-likeness (QED) is 0.228. The fourth-order valence-electron chi connectivity index (χ4n) is 4.58. The van der Waals surface area contributed by atoms with Crippen molar-refractivity contribution in [2.75, 3.05) is 40.9 Å². The Hall–Kier alpha value is -3.92. The molecule has 198 valence electrons. The fraction of sp³-hybridized carbons (Fsp3) is 0.407. The Morgan fingerprint density at radius 2 is 1.76 bits per heavy atom. The molecule has 0 spiro atoms. The number of aliphatic hydroxyl groups excluding tert-OH is 1. The molecule has 1 unspecified atom stereocenters. The molecular formula is C27H33N3O7. The number of Topliss-reactive ketones (excluding diaryl/α,β-unsaturated/α-hetero) is 1. The Labute approximate surface area is 215 Å². The van der Waals surface area contributed by atoms with Crippen LogP contribution in [0, 0.1) is 13.8 Å². The number of nitrogens with zero attached hydrogens (tertiary/aromatic N) is 2. The van der Waals surface area contributed by atoms with E-state index in [0.717, 1.165) is 0 Å². The number of aryl methyl sites for hydroxylation is 1. The van der Waals surface area contributed by atoms with Crippen LogP contribution in [0.5, 0.6) is 0 Å². The van der Waals surface area contributed by atoms with E-state index in [2.05, 4.69) is 4.98 Å². The monoisotopic (exact) mass is 511 g/mol. The highest BCUT2D eigenvalue weighted by atomic mass is 16.5. The summed E-state index contributed by atoms with van der Waals surface area (Å²) >= 11 is 0. The largest absolute Gasteiger partial charge is 0.507 e. The van der Waals surface area contributed by atoms with Crippen molar-refractivity contribution < 1.29 is 33.8 Å². The van der Waals surface area contributed by atoms with Gasteiger partial charge in [0.25, 0.3) is 11.7 Å². The van der Waals surface area contributed by atoms with Gasteiger partial charge in [-0.3, -0.25) is 9.59 Å². The summed E-state index contributed by atoms with van der Waals surface area (Å²) in [5.41, 5.74) is 2.08. The van der Waals surface area contributed by atoms with Gasteiger partial charge in [0.15, 0.2) is 0 Å². The maximum atomic E-state index is 13.3. The van der Waals surface area contributed by atoms with Gasteiger partial charge in [-0.25, -0.2) is 9.59 Å². The first-order chi connectivity index (χ1) is 17.5. The SMILES string of the molecule is CCOC(=O)c1[nH]c(C)c(/C(O)=C2\C(=O)C(=O)N(CCCN(C)C)C2c2ccc(C(=O)OC)cc2)c1C. The number of aliphatic hydroxyl groups is 1. The number of carbonyl (C=O) groups excluding carboxylic acids is 4. The molecule has 0 bridgehead atoms. The van der Waals surface area contributed by atoms with Crippen molar-refractivity contribution in [1.82, 2.24) is 14.8 Å². The smallest absolute Gasteiger partial charge is 0.355 e. The van der Waals surface area contributed by atoms with E-state index < -0.39 is 29.7 Å². The molecule has 10 heteroatoms. The van der Waals surface area contributed by atoms with Crippen LogP contribution in [0.25, 0.3) is 5.76 Å². The van der Waals surface area contributed by atoms with Crippen LogP contribution < -0.4 is 0 Å². The minimum atomic E-state index is -0.881. The molecule has 2 N–H and O–H groups in total. The van der Waals surface area contributed by atoms with Gasteiger partial charge in [-0.05, 0) is 71.1 Å². The van der Waals surface area contributed by atoms with Gasteiger partial charge in [0.1, 0.15) is 11.5 Å². The van der Waals surface area contributed by atoms with Crippen molar-refractivity contribution in [1.29, 1.82) is 0 Å². The van der Waals surface area contributed by atoms with E-state index in [4.69, 9.17) is 9.47 Å². The number of aromatic amines is 1. The summed E-state index contributed by atoms with van der Waals surface area (Å²) in [7, 11) is 5.10. The van der Waals surface area contributed by atoms with Gasteiger partial charge >= 0.3 is 11.9 Å². The number of hydrogen-bond acceptors (Lipinski definition) is 8. The zero-order valence-corrected chi connectivity index (χ0v) is 22.0. The number of nitrogens with one attached hydrogen (secondary N) is 1. The summed E-state index contributed by atoms with van der Waals surface area (Å²) in [5, 5.41) is 11.5. The zero-order chi connectivity index (χ0) is 27.4. The van der Waals surface area contributed by atoms with Gasteiger partial charge in [0.2, 0.25) is 0 Å². The van der Waals surface area contributed by atoms with Crippen molar-refractivity contribution in [3.63, 3.8) is 0 Å². The highest BCUT2D eigenvalue weighted by Crippen LogP contribution is 2.41. The normalized spacial score (nSPS) is 16.9. The van der Waals surface area contributed by atoms with Crippen LogP contribution in [-0.4, -0.2) is 84.4 Å². The molecule has 0 radical (unpaired) electrons. The van der Waals surface area contributed by atoms with Crippen LogP contribution in [0.4, 0.5) is 0 Å². The number of rotatable bonds is 9. The fourth-order valence-corrected chi connectivity index (χ4v) is 4.58. The number of ketones is 1. The molecule has 1 aliphatic rings. The molecule has 1 atom stereocenters. The molecule has 0 saturated carbocycles. The molecule has 0 aliphatic carbocycles. The minimum Gasteiger partial charge on any atom is -0.507 e. The predicted octanol–water partition coefficient (Wildman–Crippen LogP) is 2.97. The van der Waals surface area contributed by atoms with E-state index in [0.29, 0.717) is 35.3 Å². The van der Waals surface area contributed by atoms with Gasteiger partial charge in [0, 0.05) is 17.8 Å². The van der Waals surface area contributed by atoms with E-state index >= 15 is 0 Å². The highest BCUT2D eigenvalue weighted by molar-refractivity contribution is 6.46. The summed E-state index contributed by atoms with van der Waals surface area (Å²) in [5.74, 6) is -3.02.